The van der Waals surface area contributed by atoms with Crippen molar-refractivity contribution in [3.8, 4) is 0 Å². The number of nitrogens with zero attached hydrogens (tertiary/aromatic N) is 2. The van der Waals surface area contributed by atoms with Gasteiger partial charge in [-0.2, -0.15) is 0 Å². The third-order valence-corrected chi connectivity index (χ3v) is 8.10. The topological polar surface area (TPSA) is 32.8 Å². The smallest absolute Gasteiger partial charge is 0.410 e. The molecule has 0 saturated carbocycles. The second-order valence-corrected chi connectivity index (χ2v) is 11.9. The molecule has 228 valence electrons. The number of unbranched alkanes of at least 4 members (excludes halogenated alkanes) is 16. The van der Waals surface area contributed by atoms with Gasteiger partial charge in [0.15, 0.2) is 0 Å². The van der Waals surface area contributed by atoms with E-state index >= 15 is 0 Å². The molecule has 0 bridgehead atoms. The summed E-state index contributed by atoms with van der Waals surface area (Å²) >= 11 is 0. The number of ether oxygens (including phenoxy) is 1. The van der Waals surface area contributed by atoms with E-state index in [9.17, 15) is 4.79 Å². The van der Waals surface area contributed by atoms with Crippen LogP contribution in [0.15, 0.2) is 24.3 Å². The molecule has 0 aromatic rings. The van der Waals surface area contributed by atoms with Crippen LogP contribution in [-0.4, -0.2) is 55.2 Å². The van der Waals surface area contributed by atoms with E-state index in [1.54, 1.807) is 0 Å². The molecule has 1 amide bonds. The number of carbonyl (C=O) groups is 1. The van der Waals surface area contributed by atoms with Crippen LogP contribution in [0.1, 0.15) is 155 Å². The van der Waals surface area contributed by atoms with Gasteiger partial charge >= 0.3 is 6.09 Å². The van der Waals surface area contributed by atoms with E-state index in [0.717, 1.165) is 58.3 Å². The van der Waals surface area contributed by atoms with Crippen molar-refractivity contribution in [2.24, 2.45) is 0 Å². The van der Waals surface area contributed by atoms with E-state index in [-0.39, 0.29) is 12.2 Å². The number of carbonyl (C=O) groups excluding carboxylic acids is 1. The molecule has 1 heterocycles. The van der Waals surface area contributed by atoms with Crippen LogP contribution in [0.5, 0.6) is 0 Å². The van der Waals surface area contributed by atoms with Crippen molar-refractivity contribution in [3.05, 3.63) is 24.3 Å². The third kappa shape index (κ3) is 22.1. The summed E-state index contributed by atoms with van der Waals surface area (Å²) in [4.78, 5) is 17.4. The fourth-order valence-corrected chi connectivity index (χ4v) is 5.34. The lowest BCUT2D eigenvalue weighted by Gasteiger charge is -2.31. The predicted molar refractivity (Wildman–Crippen MR) is 171 cm³/mol. The molecule has 39 heavy (non-hydrogen) atoms. The van der Waals surface area contributed by atoms with Gasteiger partial charge in [-0.05, 0) is 64.8 Å². The largest absolute Gasteiger partial charge is 0.446 e. The van der Waals surface area contributed by atoms with Crippen molar-refractivity contribution in [1.29, 1.82) is 0 Å². The molecule has 4 heteroatoms. The Balaban J connectivity index is 2.17. The van der Waals surface area contributed by atoms with Gasteiger partial charge in [-0.1, -0.05) is 122 Å². The molecule has 1 rings (SSSR count). The molecule has 0 atom stereocenters. The Labute approximate surface area is 244 Å². The lowest BCUT2D eigenvalue weighted by atomic mass is 10.1. The average Bonchev–Trinajstić information content (AvgIpc) is 2.94. The van der Waals surface area contributed by atoms with E-state index in [2.05, 4.69) is 50.1 Å². The fraction of sp³-hybridized carbons (Fsp3) is 0.857. The monoisotopic (exact) mass is 547 g/mol. The van der Waals surface area contributed by atoms with Gasteiger partial charge < -0.3 is 14.5 Å². The van der Waals surface area contributed by atoms with Gasteiger partial charge in [0, 0.05) is 26.2 Å². The third-order valence-electron chi connectivity index (χ3n) is 8.10. The number of likely N-dealkylation sites (tertiary alicyclic amines) is 1. The quantitative estimate of drug-likeness (QED) is 0.0843. The maximum Gasteiger partial charge on any atom is 0.410 e. The minimum atomic E-state index is -0.0601. The Hall–Kier alpha value is -1.29. The number of rotatable bonds is 25. The first-order valence-electron chi connectivity index (χ1n) is 17.1. The summed E-state index contributed by atoms with van der Waals surface area (Å²) in [5, 5.41) is 0. The number of hydrogen-bond acceptors (Lipinski definition) is 3. The van der Waals surface area contributed by atoms with E-state index < -0.39 is 0 Å². The number of amides is 1. The normalized spacial score (nSPS) is 15.1. The lowest BCUT2D eigenvalue weighted by molar-refractivity contribution is 0.0323. The lowest BCUT2D eigenvalue weighted by Crippen LogP contribution is -2.40. The van der Waals surface area contributed by atoms with Crippen LogP contribution in [0.4, 0.5) is 4.79 Å². The first-order chi connectivity index (χ1) is 19.2. The van der Waals surface area contributed by atoms with Crippen LogP contribution in [0.25, 0.3) is 0 Å². The highest BCUT2D eigenvalue weighted by atomic mass is 16.6. The Bertz CT molecular complexity index is 595. The summed E-state index contributed by atoms with van der Waals surface area (Å²) in [6, 6.07) is 0. The standard InChI is InChI=1S/C35H66N2O2/c1-4-6-8-10-12-14-15-16-17-18-19-20-21-23-25-27-31-37(30-26-24-22-13-11-9-7-5-2)35(38)39-34-28-32-36(3)33-29-34/h12,14,16-17,34H,4-11,13,15,18-33H2,1-3H3. The highest BCUT2D eigenvalue weighted by Crippen LogP contribution is 2.16. The van der Waals surface area contributed by atoms with Crippen molar-refractivity contribution in [3.63, 3.8) is 0 Å². The van der Waals surface area contributed by atoms with E-state index in [0.29, 0.717) is 0 Å². The average molecular weight is 547 g/mol. The summed E-state index contributed by atoms with van der Waals surface area (Å²) in [6.07, 6.45) is 36.7. The van der Waals surface area contributed by atoms with Gasteiger partial charge in [0.1, 0.15) is 6.10 Å². The van der Waals surface area contributed by atoms with Gasteiger partial charge in [-0.15, -0.1) is 0 Å². The molecule has 0 aromatic heterocycles. The zero-order valence-electron chi connectivity index (χ0n) is 26.5. The van der Waals surface area contributed by atoms with Crippen LogP contribution >= 0.6 is 0 Å². The van der Waals surface area contributed by atoms with Crippen LogP contribution in [0.2, 0.25) is 0 Å². The molecule has 1 aliphatic heterocycles. The SMILES string of the molecule is CCCCCC=CCC=CCCCCCCCCN(CCCCCCCCCC)C(=O)OC1CCN(C)CC1. The van der Waals surface area contributed by atoms with Crippen LogP contribution in [-0.2, 0) is 4.74 Å². The number of hydrogen-bond donors (Lipinski definition) is 0. The summed E-state index contributed by atoms with van der Waals surface area (Å²) in [7, 11) is 2.15. The summed E-state index contributed by atoms with van der Waals surface area (Å²) in [5.74, 6) is 0. The summed E-state index contributed by atoms with van der Waals surface area (Å²) in [6.45, 7) is 8.31. The molecule has 1 aliphatic rings. The number of piperidine rings is 1. The highest BCUT2D eigenvalue weighted by Gasteiger charge is 2.23. The summed E-state index contributed by atoms with van der Waals surface area (Å²) in [5.41, 5.74) is 0. The maximum absolute atomic E-state index is 13.0. The zero-order chi connectivity index (χ0) is 28.2. The van der Waals surface area contributed by atoms with E-state index in [1.807, 2.05) is 4.90 Å². The van der Waals surface area contributed by atoms with Crippen LogP contribution in [0.3, 0.4) is 0 Å². The van der Waals surface area contributed by atoms with Crippen molar-refractivity contribution < 1.29 is 9.53 Å². The molecule has 0 spiro atoms. The second kappa shape index (κ2) is 26.9. The number of allylic oxidation sites excluding steroid dienone is 4. The van der Waals surface area contributed by atoms with Crippen LogP contribution in [0, 0.1) is 0 Å². The van der Waals surface area contributed by atoms with Gasteiger partial charge in [-0.25, -0.2) is 4.79 Å². The minimum Gasteiger partial charge on any atom is -0.446 e. The van der Waals surface area contributed by atoms with Gasteiger partial charge in [0.2, 0.25) is 0 Å². The van der Waals surface area contributed by atoms with Crippen molar-refractivity contribution in [1.82, 2.24) is 9.80 Å². The minimum absolute atomic E-state index is 0.0601. The molecule has 1 fully saturated rings. The van der Waals surface area contributed by atoms with Crippen LogP contribution < -0.4 is 0 Å². The molecule has 0 aliphatic carbocycles. The molecular formula is C35H66N2O2. The Morgan fingerprint density at radius 2 is 1.10 bits per heavy atom. The molecule has 0 N–H and O–H groups in total. The van der Waals surface area contributed by atoms with Crippen molar-refractivity contribution in [2.75, 3.05) is 33.2 Å². The maximum atomic E-state index is 13.0. The van der Waals surface area contributed by atoms with Gasteiger partial charge in [0.05, 0.1) is 0 Å². The molecule has 0 aromatic carbocycles. The Kier molecular flexibility index (Phi) is 24.7. The molecule has 0 radical (unpaired) electrons. The van der Waals surface area contributed by atoms with Gasteiger partial charge in [-0.3, -0.25) is 0 Å². The first-order valence-corrected chi connectivity index (χ1v) is 17.1. The first kappa shape index (κ1) is 35.7. The molecule has 1 saturated heterocycles. The molecule has 0 unspecified atom stereocenters. The highest BCUT2D eigenvalue weighted by molar-refractivity contribution is 5.67. The van der Waals surface area contributed by atoms with Gasteiger partial charge in [0.25, 0.3) is 0 Å². The Morgan fingerprint density at radius 1 is 0.667 bits per heavy atom. The summed E-state index contributed by atoms with van der Waals surface area (Å²) < 4.78 is 5.95. The van der Waals surface area contributed by atoms with E-state index in [1.165, 1.54) is 109 Å². The van der Waals surface area contributed by atoms with Crippen molar-refractivity contribution >= 4 is 6.09 Å². The zero-order valence-corrected chi connectivity index (χ0v) is 26.5. The predicted octanol–water partition coefficient (Wildman–Crippen LogP) is 10.5. The molecule has 4 nitrogen and oxygen atoms in total. The second-order valence-electron chi connectivity index (χ2n) is 11.9. The van der Waals surface area contributed by atoms with E-state index in [4.69, 9.17) is 4.74 Å². The Morgan fingerprint density at radius 3 is 1.64 bits per heavy atom. The van der Waals surface area contributed by atoms with Crippen molar-refractivity contribution in [2.45, 2.75) is 161 Å². The molecular weight excluding hydrogens is 480 g/mol. The fourth-order valence-electron chi connectivity index (χ4n) is 5.34.